The third-order valence-electron chi connectivity index (χ3n) is 3.61. The van der Waals surface area contributed by atoms with E-state index in [0.29, 0.717) is 12.5 Å². The number of nitrogens with two attached hydrogens (primary N) is 1. The van der Waals surface area contributed by atoms with Crippen LogP contribution in [0.4, 0.5) is 0 Å². The monoisotopic (exact) mass is 256 g/mol. The Morgan fingerprint density at radius 2 is 1.83 bits per heavy atom. The van der Waals surface area contributed by atoms with E-state index in [1.54, 1.807) is 0 Å². The Bertz CT molecular complexity index is 201. The summed E-state index contributed by atoms with van der Waals surface area (Å²) in [5, 5.41) is 3.12. The van der Waals surface area contributed by atoms with Crippen LogP contribution in [0.15, 0.2) is 0 Å². The molecule has 0 aromatic carbocycles. The predicted octanol–water partition coefficient (Wildman–Crippen LogP) is 3.08. The molecule has 2 atom stereocenters. The molecule has 18 heavy (non-hydrogen) atoms. The average molecular weight is 256 g/mol. The van der Waals surface area contributed by atoms with Crippen molar-refractivity contribution in [1.82, 2.24) is 5.32 Å². The van der Waals surface area contributed by atoms with Crippen molar-refractivity contribution >= 4 is 5.91 Å². The molecule has 3 heteroatoms. The third kappa shape index (κ3) is 7.70. The summed E-state index contributed by atoms with van der Waals surface area (Å²) in [5.74, 6) is 0.988. The Morgan fingerprint density at radius 1 is 1.11 bits per heavy atom. The molecular weight excluding hydrogens is 224 g/mol. The zero-order valence-electron chi connectivity index (χ0n) is 12.5. The third-order valence-corrected chi connectivity index (χ3v) is 3.61. The van der Waals surface area contributed by atoms with Gasteiger partial charge in [0.25, 0.3) is 0 Å². The summed E-state index contributed by atoms with van der Waals surface area (Å²) in [6, 6.07) is 0. The van der Waals surface area contributed by atoms with Crippen molar-refractivity contribution in [2.45, 2.75) is 65.7 Å². The van der Waals surface area contributed by atoms with Gasteiger partial charge in [-0.2, -0.15) is 0 Å². The molecule has 0 radical (unpaired) electrons. The van der Waals surface area contributed by atoms with Gasteiger partial charge in [-0.3, -0.25) is 4.79 Å². The maximum absolute atomic E-state index is 12.1. The van der Waals surface area contributed by atoms with E-state index < -0.39 is 0 Å². The van der Waals surface area contributed by atoms with Gasteiger partial charge in [-0.1, -0.05) is 40.0 Å². The Morgan fingerprint density at radius 3 is 2.33 bits per heavy atom. The molecule has 0 fully saturated rings. The minimum atomic E-state index is 0.199. The van der Waals surface area contributed by atoms with Crippen molar-refractivity contribution in [2.75, 3.05) is 13.1 Å². The van der Waals surface area contributed by atoms with Crippen LogP contribution in [-0.2, 0) is 4.79 Å². The minimum absolute atomic E-state index is 0.199. The highest BCUT2D eigenvalue weighted by atomic mass is 16.1. The van der Waals surface area contributed by atoms with E-state index in [1.165, 1.54) is 0 Å². The fourth-order valence-electron chi connectivity index (χ4n) is 2.35. The van der Waals surface area contributed by atoms with E-state index in [0.717, 1.165) is 51.5 Å². The van der Waals surface area contributed by atoms with E-state index in [2.05, 4.69) is 26.1 Å². The van der Waals surface area contributed by atoms with Gasteiger partial charge in [0.1, 0.15) is 0 Å². The van der Waals surface area contributed by atoms with Crippen molar-refractivity contribution in [1.29, 1.82) is 0 Å². The Balaban J connectivity index is 4.02. The molecule has 0 rings (SSSR count). The van der Waals surface area contributed by atoms with Crippen LogP contribution in [-0.4, -0.2) is 19.0 Å². The van der Waals surface area contributed by atoms with Crippen LogP contribution in [0.25, 0.3) is 0 Å². The highest BCUT2D eigenvalue weighted by Crippen LogP contribution is 2.14. The van der Waals surface area contributed by atoms with Gasteiger partial charge in [0.05, 0.1) is 0 Å². The first-order chi connectivity index (χ1) is 8.69. The van der Waals surface area contributed by atoms with E-state index >= 15 is 0 Å². The van der Waals surface area contributed by atoms with E-state index in [4.69, 9.17) is 5.73 Å². The van der Waals surface area contributed by atoms with Crippen LogP contribution in [0.5, 0.6) is 0 Å². The lowest BCUT2D eigenvalue weighted by atomic mass is 9.96. The molecule has 0 heterocycles. The van der Waals surface area contributed by atoms with Crippen molar-refractivity contribution in [3.05, 3.63) is 0 Å². The standard InChI is InChI=1S/C15H32N2O/c1-4-7-9-14(6-3)15(18)17-12-13(8-5-2)10-11-16/h13-14H,4-12,16H2,1-3H3,(H,17,18). The van der Waals surface area contributed by atoms with Crippen LogP contribution < -0.4 is 11.1 Å². The summed E-state index contributed by atoms with van der Waals surface area (Å²) in [7, 11) is 0. The fourth-order valence-corrected chi connectivity index (χ4v) is 2.35. The molecule has 2 unspecified atom stereocenters. The largest absolute Gasteiger partial charge is 0.356 e. The highest BCUT2D eigenvalue weighted by Gasteiger charge is 2.16. The lowest BCUT2D eigenvalue weighted by molar-refractivity contribution is -0.125. The fraction of sp³-hybridized carbons (Fsp3) is 0.933. The SMILES string of the molecule is CCCCC(CC)C(=O)NCC(CCC)CCN. The molecule has 0 aliphatic rings. The first kappa shape index (κ1) is 17.4. The van der Waals surface area contributed by atoms with Crippen molar-refractivity contribution in [3.63, 3.8) is 0 Å². The maximum Gasteiger partial charge on any atom is 0.223 e. The summed E-state index contributed by atoms with van der Waals surface area (Å²) in [5.41, 5.74) is 5.61. The lowest BCUT2D eigenvalue weighted by Gasteiger charge is -2.19. The second-order valence-electron chi connectivity index (χ2n) is 5.22. The lowest BCUT2D eigenvalue weighted by Crippen LogP contribution is -2.34. The summed E-state index contributed by atoms with van der Waals surface area (Å²) in [6.45, 7) is 7.97. The van der Waals surface area contributed by atoms with Gasteiger partial charge in [-0.05, 0) is 38.1 Å². The van der Waals surface area contributed by atoms with Gasteiger partial charge < -0.3 is 11.1 Å². The Hall–Kier alpha value is -0.570. The molecule has 0 aliphatic heterocycles. The molecule has 0 aromatic heterocycles. The molecule has 0 saturated carbocycles. The number of rotatable bonds is 11. The van der Waals surface area contributed by atoms with Gasteiger partial charge in [-0.25, -0.2) is 0 Å². The molecule has 0 saturated heterocycles. The van der Waals surface area contributed by atoms with Crippen molar-refractivity contribution in [3.8, 4) is 0 Å². The quantitative estimate of drug-likeness (QED) is 0.597. The zero-order chi connectivity index (χ0) is 13.8. The Kier molecular flexibility index (Phi) is 11.2. The second-order valence-corrected chi connectivity index (χ2v) is 5.22. The molecule has 108 valence electrons. The van der Waals surface area contributed by atoms with Crippen LogP contribution in [0.3, 0.4) is 0 Å². The first-order valence-corrected chi connectivity index (χ1v) is 7.67. The van der Waals surface area contributed by atoms with Crippen LogP contribution in [0.2, 0.25) is 0 Å². The number of amides is 1. The van der Waals surface area contributed by atoms with Gasteiger partial charge in [0.15, 0.2) is 0 Å². The molecule has 0 bridgehead atoms. The van der Waals surface area contributed by atoms with E-state index in [9.17, 15) is 4.79 Å². The molecular formula is C15H32N2O. The number of carbonyl (C=O) groups is 1. The van der Waals surface area contributed by atoms with Crippen molar-refractivity contribution in [2.24, 2.45) is 17.6 Å². The van der Waals surface area contributed by atoms with E-state index in [1.807, 2.05) is 0 Å². The number of carbonyl (C=O) groups excluding carboxylic acids is 1. The van der Waals surface area contributed by atoms with Gasteiger partial charge in [-0.15, -0.1) is 0 Å². The summed E-state index contributed by atoms with van der Waals surface area (Å²) < 4.78 is 0. The smallest absolute Gasteiger partial charge is 0.223 e. The highest BCUT2D eigenvalue weighted by molar-refractivity contribution is 5.78. The van der Waals surface area contributed by atoms with Gasteiger partial charge in [0, 0.05) is 12.5 Å². The predicted molar refractivity (Wildman–Crippen MR) is 78.4 cm³/mol. The molecule has 1 amide bonds. The minimum Gasteiger partial charge on any atom is -0.356 e. The van der Waals surface area contributed by atoms with Crippen molar-refractivity contribution < 1.29 is 4.79 Å². The molecule has 0 aliphatic carbocycles. The first-order valence-electron chi connectivity index (χ1n) is 7.67. The molecule has 0 spiro atoms. The molecule has 0 aromatic rings. The zero-order valence-corrected chi connectivity index (χ0v) is 12.5. The van der Waals surface area contributed by atoms with Crippen LogP contribution in [0.1, 0.15) is 65.7 Å². The molecule has 3 N–H and O–H groups in total. The number of nitrogens with one attached hydrogen (secondary N) is 1. The summed E-state index contributed by atoms with van der Waals surface area (Å²) in [4.78, 5) is 12.1. The number of hydrogen-bond acceptors (Lipinski definition) is 2. The maximum atomic E-state index is 12.1. The topological polar surface area (TPSA) is 55.1 Å². The average Bonchev–Trinajstić information content (AvgIpc) is 2.37. The van der Waals surface area contributed by atoms with Gasteiger partial charge >= 0.3 is 0 Å². The summed E-state index contributed by atoms with van der Waals surface area (Å²) in [6.07, 6.45) is 7.61. The van der Waals surface area contributed by atoms with Crippen LogP contribution >= 0.6 is 0 Å². The van der Waals surface area contributed by atoms with Gasteiger partial charge in [0.2, 0.25) is 5.91 Å². The number of unbranched alkanes of at least 4 members (excludes halogenated alkanes) is 1. The normalized spacial score (nSPS) is 14.2. The van der Waals surface area contributed by atoms with Crippen LogP contribution in [0, 0.1) is 11.8 Å². The van der Waals surface area contributed by atoms with E-state index in [-0.39, 0.29) is 11.8 Å². The summed E-state index contributed by atoms with van der Waals surface area (Å²) >= 11 is 0. The number of hydrogen-bond donors (Lipinski definition) is 2. The molecule has 3 nitrogen and oxygen atoms in total. The Labute approximate surface area is 113 Å². The second kappa shape index (κ2) is 11.5.